The van der Waals surface area contributed by atoms with Crippen molar-refractivity contribution in [1.29, 1.82) is 0 Å². The van der Waals surface area contributed by atoms with Gasteiger partial charge in [0.15, 0.2) is 5.82 Å². The topological polar surface area (TPSA) is 72.6 Å². The summed E-state index contributed by atoms with van der Waals surface area (Å²) in [7, 11) is 2.01. The van der Waals surface area contributed by atoms with E-state index in [1.165, 1.54) is 0 Å². The average molecular weight is 349 g/mol. The lowest BCUT2D eigenvalue weighted by Gasteiger charge is -2.33. The minimum atomic E-state index is 0.458. The maximum atomic E-state index is 4.87. The number of hydrogen-bond donors (Lipinski definition) is 0. The van der Waals surface area contributed by atoms with Gasteiger partial charge in [0.25, 0.3) is 0 Å². The smallest absolute Gasteiger partial charge is 0.163 e. The number of piperidine rings is 1. The van der Waals surface area contributed by atoms with Gasteiger partial charge in [-0.3, -0.25) is 4.98 Å². The van der Waals surface area contributed by atoms with Gasteiger partial charge in [0, 0.05) is 55.3 Å². The molecular formula is C19H23N7. The summed E-state index contributed by atoms with van der Waals surface area (Å²) in [5, 5.41) is 8.30. The van der Waals surface area contributed by atoms with Gasteiger partial charge < -0.3 is 9.47 Å². The highest BCUT2D eigenvalue weighted by atomic mass is 15.3. The van der Waals surface area contributed by atoms with Crippen LogP contribution in [0.5, 0.6) is 0 Å². The largest absolute Gasteiger partial charge is 0.356 e. The molecule has 0 N–H and O–H groups in total. The van der Waals surface area contributed by atoms with Crippen molar-refractivity contribution in [1.82, 2.24) is 29.7 Å². The Bertz CT molecular complexity index is 896. The third-order valence-corrected chi connectivity index (χ3v) is 5.19. The first-order chi connectivity index (χ1) is 12.6. The zero-order valence-corrected chi connectivity index (χ0v) is 15.4. The Balaban J connectivity index is 1.58. The Kier molecular flexibility index (Phi) is 4.36. The Morgan fingerprint density at radius 2 is 1.92 bits per heavy atom. The Hall–Kier alpha value is -2.83. The van der Waals surface area contributed by atoms with Crippen molar-refractivity contribution in [3.05, 3.63) is 47.9 Å². The lowest BCUT2D eigenvalue weighted by molar-refractivity contribution is 0.471. The fourth-order valence-corrected chi connectivity index (χ4v) is 3.56. The van der Waals surface area contributed by atoms with Crippen LogP contribution in [0.15, 0.2) is 30.9 Å². The molecule has 134 valence electrons. The van der Waals surface area contributed by atoms with Gasteiger partial charge in [-0.05, 0) is 38.8 Å². The lowest BCUT2D eigenvalue weighted by Crippen LogP contribution is -2.35. The van der Waals surface area contributed by atoms with Crippen LogP contribution in [0.1, 0.15) is 35.8 Å². The maximum absolute atomic E-state index is 4.87. The van der Waals surface area contributed by atoms with Gasteiger partial charge in [-0.25, -0.2) is 9.97 Å². The number of anilines is 1. The Morgan fingerprint density at radius 1 is 1.12 bits per heavy atom. The fraction of sp³-hybridized carbons (Fsp3) is 0.421. The van der Waals surface area contributed by atoms with Crippen LogP contribution in [-0.4, -0.2) is 42.8 Å². The minimum absolute atomic E-state index is 0.458. The molecule has 0 unspecified atom stereocenters. The third kappa shape index (κ3) is 3.05. The number of pyridine rings is 1. The molecule has 1 aliphatic heterocycles. The molecule has 4 heterocycles. The normalized spacial score (nSPS) is 15.4. The van der Waals surface area contributed by atoms with Crippen molar-refractivity contribution in [3.63, 3.8) is 0 Å². The summed E-state index contributed by atoms with van der Waals surface area (Å²) in [6.45, 7) is 6.07. The fourth-order valence-electron chi connectivity index (χ4n) is 3.56. The second-order valence-corrected chi connectivity index (χ2v) is 6.88. The van der Waals surface area contributed by atoms with E-state index in [4.69, 9.17) is 4.98 Å². The number of aromatic nitrogens is 6. The van der Waals surface area contributed by atoms with Crippen molar-refractivity contribution >= 4 is 5.82 Å². The second-order valence-electron chi connectivity index (χ2n) is 6.88. The molecule has 7 heteroatoms. The van der Waals surface area contributed by atoms with Crippen LogP contribution in [-0.2, 0) is 7.05 Å². The van der Waals surface area contributed by atoms with Crippen LogP contribution in [0.4, 0.5) is 5.82 Å². The van der Waals surface area contributed by atoms with Gasteiger partial charge in [-0.2, -0.15) is 0 Å². The zero-order valence-electron chi connectivity index (χ0n) is 15.4. The highest BCUT2D eigenvalue weighted by Gasteiger charge is 2.26. The molecule has 1 saturated heterocycles. The van der Waals surface area contributed by atoms with E-state index in [9.17, 15) is 0 Å². The Morgan fingerprint density at radius 3 is 2.58 bits per heavy atom. The molecule has 1 aliphatic rings. The molecule has 1 fully saturated rings. The molecule has 0 spiro atoms. The summed E-state index contributed by atoms with van der Waals surface area (Å²) in [5.74, 6) is 3.32. The molecule has 4 rings (SSSR count). The van der Waals surface area contributed by atoms with E-state index in [-0.39, 0.29) is 0 Å². The van der Waals surface area contributed by atoms with Crippen molar-refractivity contribution in [2.24, 2.45) is 7.05 Å². The third-order valence-electron chi connectivity index (χ3n) is 5.19. The zero-order chi connectivity index (χ0) is 18.1. The second kappa shape index (κ2) is 6.82. The molecule has 3 aromatic rings. The van der Waals surface area contributed by atoms with Crippen LogP contribution < -0.4 is 4.90 Å². The van der Waals surface area contributed by atoms with E-state index in [0.717, 1.165) is 60.2 Å². The molecular weight excluding hydrogens is 326 g/mol. The summed E-state index contributed by atoms with van der Waals surface area (Å²) in [5.41, 5.74) is 3.12. The lowest BCUT2D eigenvalue weighted by atomic mass is 9.95. The number of hydrogen-bond acceptors (Lipinski definition) is 6. The summed E-state index contributed by atoms with van der Waals surface area (Å²) < 4.78 is 2.03. The molecule has 0 aliphatic carbocycles. The van der Waals surface area contributed by atoms with E-state index >= 15 is 0 Å². The number of nitrogens with zero attached hydrogens (tertiary/aromatic N) is 7. The monoisotopic (exact) mass is 349 g/mol. The van der Waals surface area contributed by atoms with Crippen LogP contribution in [0.3, 0.4) is 0 Å². The van der Waals surface area contributed by atoms with E-state index in [1.807, 2.05) is 36.9 Å². The van der Waals surface area contributed by atoms with Gasteiger partial charge >= 0.3 is 0 Å². The molecule has 0 radical (unpaired) electrons. The van der Waals surface area contributed by atoms with E-state index in [2.05, 4.69) is 32.0 Å². The van der Waals surface area contributed by atoms with Gasteiger partial charge in [-0.15, -0.1) is 10.2 Å². The molecule has 0 atom stereocenters. The highest BCUT2D eigenvalue weighted by molar-refractivity contribution is 5.59. The van der Waals surface area contributed by atoms with Gasteiger partial charge in [-0.1, -0.05) is 0 Å². The van der Waals surface area contributed by atoms with Crippen LogP contribution in [0.2, 0.25) is 0 Å². The Labute approximate surface area is 153 Å². The van der Waals surface area contributed by atoms with Crippen molar-refractivity contribution < 1.29 is 0 Å². The molecule has 0 amide bonds. The van der Waals surface area contributed by atoms with Crippen molar-refractivity contribution in [3.8, 4) is 11.4 Å². The first kappa shape index (κ1) is 16.6. The van der Waals surface area contributed by atoms with Gasteiger partial charge in [0.2, 0.25) is 0 Å². The summed E-state index contributed by atoms with van der Waals surface area (Å²) in [6.07, 6.45) is 7.46. The predicted molar refractivity (Wildman–Crippen MR) is 99.9 cm³/mol. The summed E-state index contributed by atoms with van der Waals surface area (Å²) in [4.78, 5) is 16.1. The average Bonchev–Trinajstić information content (AvgIpc) is 3.11. The first-order valence-corrected chi connectivity index (χ1v) is 8.98. The molecule has 0 aromatic carbocycles. The molecule has 0 bridgehead atoms. The van der Waals surface area contributed by atoms with Gasteiger partial charge in [0.05, 0.1) is 0 Å². The number of aryl methyl sites for hydroxylation is 2. The van der Waals surface area contributed by atoms with E-state index in [1.54, 1.807) is 12.5 Å². The maximum Gasteiger partial charge on any atom is 0.163 e. The molecule has 7 nitrogen and oxygen atoms in total. The highest BCUT2D eigenvalue weighted by Crippen LogP contribution is 2.31. The van der Waals surface area contributed by atoms with Crippen molar-refractivity contribution in [2.75, 3.05) is 18.0 Å². The summed E-state index contributed by atoms with van der Waals surface area (Å²) >= 11 is 0. The minimum Gasteiger partial charge on any atom is -0.356 e. The summed E-state index contributed by atoms with van der Waals surface area (Å²) in [6, 6.07) is 3.92. The molecule has 3 aromatic heterocycles. The SMILES string of the molecule is Cc1nc(-c2cccnc2)nc(N2CCC(c3nncn3C)CC2)c1C. The van der Waals surface area contributed by atoms with Crippen LogP contribution in [0.25, 0.3) is 11.4 Å². The van der Waals surface area contributed by atoms with Crippen LogP contribution >= 0.6 is 0 Å². The van der Waals surface area contributed by atoms with E-state index in [0.29, 0.717) is 5.92 Å². The quantitative estimate of drug-likeness (QED) is 0.724. The standard InChI is InChI=1S/C19H23N7/c1-13-14(2)22-17(16-5-4-8-20-11-16)23-18(13)26-9-6-15(7-10-26)19-24-21-12-25(19)3/h4-5,8,11-12,15H,6-7,9-10H2,1-3H3. The molecule has 0 saturated carbocycles. The molecule has 26 heavy (non-hydrogen) atoms. The van der Waals surface area contributed by atoms with Gasteiger partial charge in [0.1, 0.15) is 18.0 Å². The first-order valence-electron chi connectivity index (χ1n) is 8.98. The number of rotatable bonds is 3. The van der Waals surface area contributed by atoms with E-state index < -0.39 is 0 Å². The predicted octanol–water partition coefficient (Wildman–Crippen LogP) is 2.67. The van der Waals surface area contributed by atoms with Crippen molar-refractivity contribution in [2.45, 2.75) is 32.6 Å². The van der Waals surface area contributed by atoms with Crippen LogP contribution in [0, 0.1) is 13.8 Å².